The number of amides is 1. The number of hydrogen-bond acceptors (Lipinski definition) is 3. The van der Waals surface area contributed by atoms with Crippen molar-refractivity contribution in [3.63, 3.8) is 0 Å². The lowest BCUT2D eigenvalue weighted by Gasteiger charge is -2.19. The Morgan fingerprint density at radius 2 is 1.63 bits per heavy atom. The summed E-state index contributed by atoms with van der Waals surface area (Å²) in [5, 5.41) is 3.49. The largest absolute Gasteiger partial charge is 0.361 e. The summed E-state index contributed by atoms with van der Waals surface area (Å²) in [5.74, 6) is -0.347. The van der Waals surface area contributed by atoms with Crippen LogP contribution in [0.15, 0.2) is 83.9 Å². The zero-order valence-corrected chi connectivity index (χ0v) is 21.6. The van der Waals surface area contributed by atoms with Gasteiger partial charge >= 0.3 is 0 Å². The highest BCUT2D eigenvalue weighted by atomic mass is 35.5. The molecule has 0 aliphatic heterocycles. The number of halogens is 1. The van der Waals surface area contributed by atoms with Gasteiger partial charge in [0.2, 0.25) is 0 Å². The normalized spacial score (nSPS) is 11.9. The quantitative estimate of drug-likeness (QED) is 0.307. The number of hydrogen-bond donors (Lipinski definition) is 2. The van der Waals surface area contributed by atoms with Crippen molar-refractivity contribution in [2.45, 2.75) is 31.1 Å². The molecule has 180 valence electrons. The summed E-state index contributed by atoms with van der Waals surface area (Å²) in [5.41, 5.74) is 4.97. The number of carbonyl (C=O) groups excluding carboxylic acids is 1. The van der Waals surface area contributed by atoms with E-state index in [9.17, 15) is 13.2 Å². The van der Waals surface area contributed by atoms with Crippen molar-refractivity contribution in [3.05, 3.63) is 95.1 Å². The van der Waals surface area contributed by atoms with Gasteiger partial charge in [0.1, 0.15) is 0 Å². The summed E-state index contributed by atoms with van der Waals surface area (Å²) in [6.45, 7) is 6.37. The third kappa shape index (κ3) is 5.50. The molecule has 35 heavy (non-hydrogen) atoms. The zero-order chi connectivity index (χ0) is 25.4. The number of sulfone groups is 1. The Hall–Kier alpha value is -3.35. The molecule has 1 aromatic heterocycles. The van der Waals surface area contributed by atoms with Crippen LogP contribution >= 0.6 is 11.6 Å². The van der Waals surface area contributed by atoms with Gasteiger partial charge < -0.3 is 10.3 Å². The van der Waals surface area contributed by atoms with E-state index in [2.05, 4.69) is 31.1 Å². The molecule has 4 rings (SSSR count). The number of benzene rings is 3. The molecular formula is C28H27ClN2O3S. The van der Waals surface area contributed by atoms with Crippen LogP contribution < -0.4 is 5.32 Å². The maximum absolute atomic E-state index is 13.4. The molecule has 0 aliphatic rings. The van der Waals surface area contributed by atoms with E-state index in [1.165, 1.54) is 6.07 Å². The van der Waals surface area contributed by atoms with Gasteiger partial charge in [-0.2, -0.15) is 0 Å². The summed E-state index contributed by atoms with van der Waals surface area (Å²) in [4.78, 5) is 16.7. The van der Waals surface area contributed by atoms with Crippen molar-refractivity contribution in [3.8, 4) is 22.4 Å². The van der Waals surface area contributed by atoms with E-state index in [0.29, 0.717) is 21.8 Å². The third-order valence-corrected chi connectivity index (χ3v) is 7.28. The molecule has 0 spiro atoms. The Labute approximate surface area is 211 Å². The number of anilines is 1. The van der Waals surface area contributed by atoms with Gasteiger partial charge in [0, 0.05) is 35.0 Å². The molecule has 0 saturated heterocycles. The molecular weight excluding hydrogens is 480 g/mol. The average molecular weight is 507 g/mol. The van der Waals surface area contributed by atoms with Crippen LogP contribution in [0, 0.1) is 0 Å². The van der Waals surface area contributed by atoms with Gasteiger partial charge in [0.15, 0.2) is 9.84 Å². The van der Waals surface area contributed by atoms with Crippen molar-refractivity contribution in [1.82, 2.24) is 4.98 Å². The highest BCUT2D eigenvalue weighted by molar-refractivity contribution is 7.90. The fourth-order valence-corrected chi connectivity index (χ4v) is 4.71. The van der Waals surface area contributed by atoms with Crippen LogP contribution in [0.1, 0.15) is 36.7 Å². The van der Waals surface area contributed by atoms with E-state index in [1.54, 1.807) is 36.5 Å². The molecule has 0 fully saturated rings. The number of rotatable bonds is 5. The van der Waals surface area contributed by atoms with Crippen LogP contribution in [0.5, 0.6) is 0 Å². The molecule has 1 heterocycles. The second kappa shape index (κ2) is 9.36. The lowest BCUT2D eigenvalue weighted by molar-refractivity contribution is 0.102. The average Bonchev–Trinajstić information content (AvgIpc) is 3.33. The Morgan fingerprint density at radius 1 is 0.914 bits per heavy atom. The van der Waals surface area contributed by atoms with Crippen LogP contribution in [0.4, 0.5) is 5.69 Å². The summed E-state index contributed by atoms with van der Waals surface area (Å²) in [6.07, 6.45) is 2.96. The molecule has 0 aliphatic carbocycles. The molecule has 5 nitrogen and oxygen atoms in total. The van der Waals surface area contributed by atoms with E-state index >= 15 is 0 Å². The minimum absolute atomic E-state index is 0.0290. The fourth-order valence-electron chi connectivity index (χ4n) is 3.85. The Kier molecular flexibility index (Phi) is 6.62. The molecule has 4 aromatic rings. The highest BCUT2D eigenvalue weighted by Crippen LogP contribution is 2.32. The van der Waals surface area contributed by atoms with Crippen LogP contribution in [0.3, 0.4) is 0 Å². The van der Waals surface area contributed by atoms with E-state index < -0.39 is 9.84 Å². The maximum Gasteiger partial charge on any atom is 0.256 e. The number of nitrogens with one attached hydrogen (secondary N) is 2. The van der Waals surface area contributed by atoms with Crippen molar-refractivity contribution in [2.75, 3.05) is 11.6 Å². The summed E-state index contributed by atoms with van der Waals surface area (Å²) >= 11 is 6.36. The van der Waals surface area contributed by atoms with E-state index in [0.717, 1.165) is 28.6 Å². The predicted molar refractivity (Wildman–Crippen MR) is 143 cm³/mol. The Balaban J connectivity index is 1.74. The lowest BCUT2D eigenvalue weighted by atomic mass is 9.86. The van der Waals surface area contributed by atoms with Gasteiger partial charge in [0.25, 0.3) is 5.91 Å². The smallest absolute Gasteiger partial charge is 0.256 e. The van der Waals surface area contributed by atoms with E-state index in [4.69, 9.17) is 11.6 Å². The highest BCUT2D eigenvalue weighted by Gasteiger charge is 2.19. The predicted octanol–water partition coefficient (Wildman–Crippen LogP) is 6.96. The topological polar surface area (TPSA) is 79.0 Å². The number of H-pyrrole nitrogens is 1. The first-order valence-corrected chi connectivity index (χ1v) is 13.4. The second-order valence-corrected chi connectivity index (χ2v) is 12.0. The van der Waals surface area contributed by atoms with Crippen molar-refractivity contribution < 1.29 is 13.2 Å². The molecule has 0 radical (unpaired) electrons. The van der Waals surface area contributed by atoms with Crippen LogP contribution in [-0.2, 0) is 15.3 Å². The summed E-state index contributed by atoms with van der Waals surface area (Å²) in [6, 6.07) is 21.5. The third-order valence-electron chi connectivity index (χ3n) is 5.84. The maximum atomic E-state index is 13.4. The number of aromatic amines is 1. The van der Waals surface area contributed by atoms with E-state index in [1.807, 2.05) is 36.4 Å². The molecule has 3 aromatic carbocycles. The minimum atomic E-state index is -3.45. The molecule has 1 amide bonds. The van der Waals surface area contributed by atoms with Crippen LogP contribution in [0.2, 0.25) is 5.02 Å². The Bertz CT molecular complexity index is 1480. The monoisotopic (exact) mass is 506 g/mol. The fraction of sp³-hybridized carbons (Fsp3) is 0.179. The number of aromatic nitrogens is 1. The van der Waals surface area contributed by atoms with Gasteiger partial charge in [0.05, 0.1) is 9.92 Å². The van der Waals surface area contributed by atoms with Crippen LogP contribution in [0.25, 0.3) is 22.4 Å². The first-order chi connectivity index (χ1) is 16.4. The van der Waals surface area contributed by atoms with Gasteiger partial charge in [-0.05, 0) is 70.6 Å². The van der Waals surface area contributed by atoms with Gasteiger partial charge in [-0.25, -0.2) is 8.42 Å². The van der Waals surface area contributed by atoms with E-state index in [-0.39, 0.29) is 16.2 Å². The standard InChI is InChI=1S/C28H27ClN2O3S/c1-28(2,3)19-9-7-18(8-10-19)23-17-21(35(4,33)34)12-13-22(23)27(32)31-20-11-14-25(29)24(16-20)26-6-5-15-30-26/h5-17,30H,1-4H3,(H,31,32). The summed E-state index contributed by atoms with van der Waals surface area (Å²) in [7, 11) is -3.45. The molecule has 0 atom stereocenters. The van der Waals surface area contributed by atoms with Crippen LogP contribution in [-0.4, -0.2) is 25.6 Å². The molecule has 2 N–H and O–H groups in total. The van der Waals surface area contributed by atoms with Gasteiger partial charge in [-0.3, -0.25) is 4.79 Å². The van der Waals surface area contributed by atoms with Gasteiger partial charge in [-0.1, -0.05) is 56.6 Å². The lowest BCUT2D eigenvalue weighted by Crippen LogP contribution is -2.14. The molecule has 0 bridgehead atoms. The summed E-state index contributed by atoms with van der Waals surface area (Å²) < 4.78 is 24.5. The minimum Gasteiger partial charge on any atom is -0.361 e. The van der Waals surface area contributed by atoms with Gasteiger partial charge in [-0.15, -0.1) is 0 Å². The van der Waals surface area contributed by atoms with Crippen molar-refractivity contribution in [2.24, 2.45) is 0 Å². The first kappa shape index (κ1) is 24.8. The van der Waals surface area contributed by atoms with Crippen molar-refractivity contribution in [1.29, 1.82) is 0 Å². The first-order valence-electron chi connectivity index (χ1n) is 11.1. The SMILES string of the molecule is CC(C)(C)c1ccc(-c2cc(S(C)(=O)=O)ccc2C(=O)Nc2ccc(Cl)c(-c3ccc[nH]3)c2)cc1. The molecule has 0 saturated carbocycles. The molecule has 0 unspecified atom stereocenters. The number of carbonyl (C=O) groups is 1. The second-order valence-electron chi connectivity index (χ2n) is 9.54. The van der Waals surface area contributed by atoms with Crippen molar-refractivity contribution >= 4 is 33.0 Å². The molecule has 7 heteroatoms. The Morgan fingerprint density at radius 3 is 2.23 bits per heavy atom. The zero-order valence-electron chi connectivity index (χ0n) is 20.0.